The molecule has 0 spiro atoms. The molecule has 1 aliphatic carbocycles. The minimum absolute atomic E-state index is 0.101. The van der Waals surface area contributed by atoms with Gasteiger partial charge in [0.05, 0.1) is 23.7 Å². The Labute approximate surface area is 251 Å². The van der Waals surface area contributed by atoms with Crippen molar-refractivity contribution in [1.29, 1.82) is 5.26 Å². The van der Waals surface area contributed by atoms with Crippen molar-refractivity contribution >= 4 is 5.97 Å². The molecule has 2 aromatic rings. The SMILES string of the molecule is CCCCCCCCC1(C#N)CCC(c2ccc(-c3ccc(C(=O)OCCC(C)CCCC(C)C)cc3)cc2)CC1. The van der Waals surface area contributed by atoms with Crippen molar-refractivity contribution in [3.63, 3.8) is 0 Å². The first-order chi connectivity index (χ1) is 19.9. The lowest BCUT2D eigenvalue weighted by atomic mass is 9.67. The van der Waals surface area contributed by atoms with Crippen molar-refractivity contribution in [2.75, 3.05) is 6.61 Å². The molecule has 0 saturated heterocycles. The summed E-state index contributed by atoms with van der Waals surface area (Å²) in [6.45, 7) is 9.52. The Balaban J connectivity index is 1.43. The topological polar surface area (TPSA) is 50.1 Å². The molecule has 0 aliphatic heterocycles. The van der Waals surface area contributed by atoms with Gasteiger partial charge in [-0.05, 0) is 85.1 Å². The molecule has 2 aromatic carbocycles. The molecule has 0 heterocycles. The van der Waals surface area contributed by atoms with E-state index in [-0.39, 0.29) is 11.4 Å². The number of benzene rings is 2. The minimum Gasteiger partial charge on any atom is -0.462 e. The Bertz CT molecular complexity index is 1050. The fraction of sp³-hybridized carbons (Fsp3) is 0.632. The van der Waals surface area contributed by atoms with Gasteiger partial charge >= 0.3 is 5.97 Å². The lowest BCUT2D eigenvalue weighted by Crippen LogP contribution is -2.25. The van der Waals surface area contributed by atoms with Gasteiger partial charge < -0.3 is 4.74 Å². The summed E-state index contributed by atoms with van der Waals surface area (Å²) in [6, 6.07) is 19.4. The van der Waals surface area contributed by atoms with Crippen LogP contribution in [0.2, 0.25) is 0 Å². The third-order valence-corrected chi connectivity index (χ3v) is 9.35. The molecule has 0 amide bonds. The van der Waals surface area contributed by atoms with Crippen LogP contribution in [0.25, 0.3) is 11.1 Å². The van der Waals surface area contributed by atoms with Crippen LogP contribution in [0.3, 0.4) is 0 Å². The Morgan fingerprint density at radius 2 is 1.46 bits per heavy atom. The fourth-order valence-electron chi connectivity index (χ4n) is 6.37. The summed E-state index contributed by atoms with van der Waals surface area (Å²) in [4.78, 5) is 12.5. The summed E-state index contributed by atoms with van der Waals surface area (Å²) < 4.78 is 5.56. The zero-order valence-electron chi connectivity index (χ0n) is 26.4. The molecule has 0 aromatic heterocycles. The Morgan fingerprint density at radius 1 is 0.854 bits per heavy atom. The van der Waals surface area contributed by atoms with Gasteiger partial charge in [-0.1, -0.05) is 122 Å². The van der Waals surface area contributed by atoms with E-state index in [4.69, 9.17) is 4.74 Å². The van der Waals surface area contributed by atoms with Crippen LogP contribution in [-0.4, -0.2) is 12.6 Å². The van der Waals surface area contributed by atoms with Gasteiger partial charge in [0.15, 0.2) is 0 Å². The molecule has 224 valence electrons. The van der Waals surface area contributed by atoms with Gasteiger partial charge in [-0.3, -0.25) is 0 Å². The summed E-state index contributed by atoms with van der Waals surface area (Å²) in [6.07, 6.45) is 17.7. The number of esters is 1. The molecule has 0 radical (unpaired) electrons. The lowest BCUT2D eigenvalue weighted by Gasteiger charge is -2.35. The third kappa shape index (κ3) is 11.0. The first-order valence-corrected chi connectivity index (χ1v) is 16.6. The van der Waals surface area contributed by atoms with E-state index in [0.29, 0.717) is 24.0 Å². The summed E-state index contributed by atoms with van der Waals surface area (Å²) in [5.41, 5.74) is 4.17. The van der Waals surface area contributed by atoms with Gasteiger partial charge in [0.1, 0.15) is 0 Å². The van der Waals surface area contributed by atoms with E-state index in [1.54, 1.807) is 0 Å². The van der Waals surface area contributed by atoms with Crippen molar-refractivity contribution in [2.45, 2.75) is 130 Å². The van der Waals surface area contributed by atoms with Crippen LogP contribution < -0.4 is 0 Å². The molecule has 1 atom stereocenters. The van der Waals surface area contributed by atoms with Crippen LogP contribution in [0.15, 0.2) is 48.5 Å². The highest BCUT2D eigenvalue weighted by molar-refractivity contribution is 5.90. The van der Waals surface area contributed by atoms with E-state index in [1.165, 1.54) is 63.4 Å². The smallest absolute Gasteiger partial charge is 0.338 e. The molecule has 3 nitrogen and oxygen atoms in total. The van der Waals surface area contributed by atoms with Crippen LogP contribution in [0.5, 0.6) is 0 Å². The van der Waals surface area contributed by atoms with Crippen LogP contribution in [0.4, 0.5) is 0 Å². The van der Waals surface area contributed by atoms with E-state index in [0.717, 1.165) is 55.6 Å². The normalized spacial score (nSPS) is 19.6. The second kappa shape index (κ2) is 17.4. The molecule has 0 N–H and O–H groups in total. The maximum atomic E-state index is 12.5. The van der Waals surface area contributed by atoms with E-state index in [2.05, 4.69) is 58.0 Å². The van der Waals surface area contributed by atoms with Crippen molar-refractivity contribution in [1.82, 2.24) is 0 Å². The Hall–Kier alpha value is -2.60. The molecule has 1 aliphatic rings. The van der Waals surface area contributed by atoms with E-state index in [1.807, 2.05) is 24.3 Å². The molecular formula is C38H55NO2. The second-order valence-corrected chi connectivity index (χ2v) is 13.2. The van der Waals surface area contributed by atoms with Crippen LogP contribution in [0, 0.1) is 28.6 Å². The number of hydrogen-bond acceptors (Lipinski definition) is 3. The first-order valence-electron chi connectivity index (χ1n) is 16.6. The Kier molecular flexibility index (Phi) is 13.9. The van der Waals surface area contributed by atoms with Gasteiger partial charge in [-0.2, -0.15) is 5.26 Å². The predicted octanol–water partition coefficient (Wildman–Crippen LogP) is 11.3. The number of nitriles is 1. The molecule has 3 rings (SSSR count). The van der Waals surface area contributed by atoms with Gasteiger partial charge in [0, 0.05) is 0 Å². The van der Waals surface area contributed by atoms with Gasteiger partial charge in [0.25, 0.3) is 0 Å². The van der Waals surface area contributed by atoms with Crippen LogP contribution >= 0.6 is 0 Å². The highest BCUT2D eigenvalue weighted by atomic mass is 16.5. The monoisotopic (exact) mass is 557 g/mol. The average Bonchev–Trinajstić information content (AvgIpc) is 2.99. The molecule has 41 heavy (non-hydrogen) atoms. The van der Waals surface area contributed by atoms with Crippen LogP contribution in [-0.2, 0) is 4.74 Å². The van der Waals surface area contributed by atoms with Gasteiger partial charge in [-0.15, -0.1) is 0 Å². The largest absolute Gasteiger partial charge is 0.462 e. The first kappa shape index (κ1) is 32.9. The number of hydrogen-bond donors (Lipinski definition) is 0. The fourth-order valence-corrected chi connectivity index (χ4v) is 6.37. The third-order valence-electron chi connectivity index (χ3n) is 9.35. The number of carbonyl (C=O) groups excluding carboxylic acids is 1. The number of unbranched alkanes of at least 4 members (excludes halogenated alkanes) is 5. The quantitative estimate of drug-likeness (QED) is 0.143. The molecular weight excluding hydrogens is 502 g/mol. The lowest BCUT2D eigenvalue weighted by molar-refractivity contribution is 0.0483. The number of rotatable bonds is 17. The number of nitrogens with zero attached hydrogens (tertiary/aromatic N) is 1. The Morgan fingerprint density at radius 3 is 2.07 bits per heavy atom. The van der Waals surface area contributed by atoms with E-state index >= 15 is 0 Å². The highest BCUT2D eigenvalue weighted by Crippen LogP contribution is 2.46. The molecule has 1 unspecified atom stereocenters. The average molecular weight is 558 g/mol. The molecule has 3 heteroatoms. The molecule has 0 bridgehead atoms. The summed E-state index contributed by atoms with van der Waals surface area (Å²) in [5, 5.41) is 9.98. The summed E-state index contributed by atoms with van der Waals surface area (Å²) >= 11 is 0. The standard InChI is InChI=1S/C38H55NO2/c1-5-6-7-8-9-10-25-38(29-39)26-22-35(23-27-38)34-16-14-32(15-17-34)33-18-20-36(21-19-33)37(40)41-28-24-31(4)13-11-12-30(2)3/h14-21,30-31,35H,5-13,22-28H2,1-4H3. The van der Waals surface area contributed by atoms with Crippen molar-refractivity contribution < 1.29 is 9.53 Å². The van der Waals surface area contributed by atoms with Crippen molar-refractivity contribution in [3.8, 4) is 17.2 Å². The van der Waals surface area contributed by atoms with Crippen molar-refractivity contribution in [2.24, 2.45) is 17.3 Å². The predicted molar refractivity (Wildman–Crippen MR) is 172 cm³/mol. The maximum absolute atomic E-state index is 12.5. The number of ether oxygens (including phenoxy) is 1. The zero-order chi connectivity index (χ0) is 29.5. The second-order valence-electron chi connectivity index (χ2n) is 13.2. The minimum atomic E-state index is -0.233. The van der Waals surface area contributed by atoms with E-state index < -0.39 is 0 Å². The summed E-state index contributed by atoms with van der Waals surface area (Å²) in [5.74, 6) is 1.65. The molecule has 1 fully saturated rings. The van der Waals surface area contributed by atoms with E-state index in [9.17, 15) is 10.1 Å². The maximum Gasteiger partial charge on any atom is 0.338 e. The highest BCUT2D eigenvalue weighted by Gasteiger charge is 2.35. The van der Waals surface area contributed by atoms with Crippen LogP contribution in [0.1, 0.15) is 146 Å². The van der Waals surface area contributed by atoms with Gasteiger partial charge in [-0.25, -0.2) is 4.79 Å². The molecule has 1 saturated carbocycles. The summed E-state index contributed by atoms with van der Waals surface area (Å²) in [7, 11) is 0. The zero-order valence-corrected chi connectivity index (χ0v) is 26.4. The number of carbonyl (C=O) groups is 1. The van der Waals surface area contributed by atoms with Gasteiger partial charge in [0.2, 0.25) is 0 Å². The van der Waals surface area contributed by atoms with Crippen molar-refractivity contribution in [3.05, 3.63) is 59.7 Å².